The summed E-state index contributed by atoms with van der Waals surface area (Å²) in [5, 5.41) is 0. The summed E-state index contributed by atoms with van der Waals surface area (Å²) in [5.41, 5.74) is 3.13. The van der Waals surface area contributed by atoms with Gasteiger partial charge in [0, 0.05) is 23.6 Å². The van der Waals surface area contributed by atoms with Gasteiger partial charge >= 0.3 is 0 Å². The number of fused-ring (bicyclic) bond motifs is 1. The number of benzene rings is 1. The number of ether oxygens (including phenoxy) is 1. The molecule has 0 spiro atoms. The zero-order valence-corrected chi connectivity index (χ0v) is 12.7. The van der Waals surface area contributed by atoms with Crippen molar-refractivity contribution in [3.05, 3.63) is 29.3 Å². The number of carbonyl (C=O) groups is 1. The normalized spacial score (nSPS) is 33.9. The molecule has 0 radical (unpaired) electrons. The van der Waals surface area contributed by atoms with Gasteiger partial charge in [0.15, 0.2) is 0 Å². The van der Waals surface area contributed by atoms with Gasteiger partial charge in [-0.15, -0.1) is 0 Å². The van der Waals surface area contributed by atoms with Crippen molar-refractivity contribution in [2.24, 2.45) is 5.92 Å². The van der Waals surface area contributed by atoms with Crippen LogP contribution in [-0.4, -0.2) is 31.0 Å². The van der Waals surface area contributed by atoms with Gasteiger partial charge in [0.05, 0.1) is 7.11 Å². The number of amides is 1. The molecule has 3 heteroatoms. The highest BCUT2D eigenvalue weighted by Gasteiger charge is 2.54. The molecule has 1 saturated carbocycles. The first kappa shape index (κ1) is 13.2. The molecule has 2 aliphatic carbocycles. The van der Waals surface area contributed by atoms with Crippen LogP contribution in [0.1, 0.15) is 43.2 Å². The van der Waals surface area contributed by atoms with E-state index in [1.807, 2.05) is 0 Å². The van der Waals surface area contributed by atoms with E-state index in [0.29, 0.717) is 12.0 Å². The zero-order chi connectivity index (χ0) is 14.4. The number of nitrogens with zero attached hydrogens (tertiary/aromatic N) is 1. The predicted molar refractivity (Wildman–Crippen MR) is 81.5 cm³/mol. The summed E-state index contributed by atoms with van der Waals surface area (Å²) in [6.45, 7) is 0.905. The topological polar surface area (TPSA) is 29.5 Å². The van der Waals surface area contributed by atoms with E-state index >= 15 is 0 Å². The largest absolute Gasteiger partial charge is 0.496 e. The van der Waals surface area contributed by atoms with E-state index in [1.165, 1.54) is 36.8 Å². The van der Waals surface area contributed by atoms with Crippen LogP contribution in [0.15, 0.2) is 18.2 Å². The molecule has 112 valence electrons. The molecule has 1 aliphatic heterocycles. The highest BCUT2D eigenvalue weighted by Crippen LogP contribution is 2.57. The lowest BCUT2D eigenvalue weighted by molar-refractivity contribution is -0.126. The number of hydrogen-bond acceptors (Lipinski definition) is 2. The highest BCUT2D eigenvalue weighted by atomic mass is 16.5. The summed E-state index contributed by atoms with van der Waals surface area (Å²) in [7, 11) is 1.79. The van der Waals surface area contributed by atoms with Gasteiger partial charge in [0.2, 0.25) is 6.41 Å². The lowest BCUT2D eigenvalue weighted by Crippen LogP contribution is -2.60. The monoisotopic (exact) mass is 285 g/mol. The maximum Gasteiger partial charge on any atom is 0.209 e. The summed E-state index contributed by atoms with van der Waals surface area (Å²) < 4.78 is 5.72. The summed E-state index contributed by atoms with van der Waals surface area (Å²) in [5.74, 6) is 1.69. The van der Waals surface area contributed by atoms with E-state index in [1.54, 1.807) is 7.11 Å². The molecule has 1 saturated heterocycles. The summed E-state index contributed by atoms with van der Waals surface area (Å²) in [4.78, 5) is 13.5. The number of rotatable bonds is 2. The Morgan fingerprint density at radius 1 is 1.33 bits per heavy atom. The van der Waals surface area contributed by atoms with Crippen LogP contribution in [0.25, 0.3) is 0 Å². The number of piperidine rings is 1. The number of methoxy groups -OCH3 is 1. The fourth-order valence-corrected chi connectivity index (χ4v) is 5.40. The molecule has 0 unspecified atom stereocenters. The Morgan fingerprint density at radius 2 is 2.24 bits per heavy atom. The van der Waals surface area contributed by atoms with Gasteiger partial charge in [-0.1, -0.05) is 25.0 Å². The lowest BCUT2D eigenvalue weighted by atomic mass is 9.52. The van der Waals surface area contributed by atoms with Crippen LogP contribution in [0.2, 0.25) is 0 Å². The van der Waals surface area contributed by atoms with Gasteiger partial charge in [-0.2, -0.15) is 0 Å². The van der Waals surface area contributed by atoms with E-state index < -0.39 is 0 Å². The fraction of sp³-hybridized carbons (Fsp3) is 0.611. The molecule has 0 aromatic heterocycles. The number of carbonyl (C=O) groups excluding carboxylic acids is 1. The van der Waals surface area contributed by atoms with Crippen LogP contribution < -0.4 is 4.74 Å². The lowest BCUT2D eigenvalue weighted by Gasteiger charge is -2.58. The fourth-order valence-electron chi connectivity index (χ4n) is 5.40. The zero-order valence-electron chi connectivity index (χ0n) is 12.7. The molecule has 3 nitrogen and oxygen atoms in total. The standard InChI is InChI=1S/C18H23NO2/c1-21-16-7-4-5-13-11-15-14-6-2-3-8-18(14,17(13)16)9-10-19(15)12-20/h4-5,7,12,14-15H,2-3,6,8-11H2,1H3/t14-,15+,18+/m0/s1. The molecule has 1 amide bonds. The Morgan fingerprint density at radius 3 is 3.05 bits per heavy atom. The molecule has 3 atom stereocenters. The third-order valence-corrected chi connectivity index (χ3v) is 6.20. The molecule has 1 aromatic rings. The highest BCUT2D eigenvalue weighted by molar-refractivity contribution is 5.54. The van der Waals surface area contributed by atoms with Gasteiger partial charge in [0.1, 0.15) is 5.75 Å². The Hall–Kier alpha value is -1.51. The third-order valence-electron chi connectivity index (χ3n) is 6.20. The molecule has 2 fully saturated rings. The summed E-state index contributed by atoms with van der Waals surface area (Å²) >= 11 is 0. The van der Waals surface area contributed by atoms with Gasteiger partial charge in [-0.05, 0) is 43.2 Å². The van der Waals surface area contributed by atoms with E-state index in [-0.39, 0.29) is 5.41 Å². The van der Waals surface area contributed by atoms with Crippen LogP contribution in [0, 0.1) is 5.92 Å². The Labute approximate surface area is 126 Å². The van der Waals surface area contributed by atoms with Gasteiger partial charge < -0.3 is 9.64 Å². The average molecular weight is 285 g/mol. The van der Waals surface area contributed by atoms with Gasteiger partial charge in [-0.25, -0.2) is 0 Å². The van der Waals surface area contributed by atoms with E-state index in [9.17, 15) is 4.79 Å². The van der Waals surface area contributed by atoms with Crippen LogP contribution >= 0.6 is 0 Å². The van der Waals surface area contributed by atoms with Crippen molar-refractivity contribution in [3.63, 3.8) is 0 Å². The maximum absolute atomic E-state index is 11.5. The van der Waals surface area contributed by atoms with Crippen molar-refractivity contribution >= 4 is 6.41 Å². The smallest absolute Gasteiger partial charge is 0.209 e. The molecule has 4 rings (SSSR count). The molecule has 1 heterocycles. The quantitative estimate of drug-likeness (QED) is 0.782. The molecular weight excluding hydrogens is 262 g/mol. The third kappa shape index (κ3) is 1.69. The van der Waals surface area contributed by atoms with E-state index in [2.05, 4.69) is 23.1 Å². The second-order valence-corrected chi connectivity index (χ2v) is 6.87. The van der Waals surface area contributed by atoms with Crippen molar-refractivity contribution in [1.29, 1.82) is 0 Å². The van der Waals surface area contributed by atoms with Crippen molar-refractivity contribution < 1.29 is 9.53 Å². The Balaban J connectivity index is 1.91. The number of likely N-dealkylation sites (tertiary alicyclic amines) is 1. The van der Waals surface area contributed by atoms with E-state index in [4.69, 9.17) is 4.74 Å². The first-order valence-corrected chi connectivity index (χ1v) is 8.17. The number of hydrogen-bond donors (Lipinski definition) is 0. The second-order valence-electron chi connectivity index (χ2n) is 6.87. The molecule has 0 N–H and O–H groups in total. The summed E-state index contributed by atoms with van der Waals surface area (Å²) in [6.07, 6.45) is 8.30. The van der Waals surface area contributed by atoms with Crippen LogP contribution in [0.4, 0.5) is 0 Å². The molecule has 2 bridgehead atoms. The minimum atomic E-state index is 0.253. The molecular formula is C18H23NO2. The van der Waals surface area contributed by atoms with Crippen LogP contribution in [0.5, 0.6) is 5.75 Å². The first-order chi connectivity index (χ1) is 10.3. The molecule has 21 heavy (non-hydrogen) atoms. The van der Waals surface area contributed by atoms with E-state index in [0.717, 1.165) is 31.5 Å². The Kier molecular flexibility index (Phi) is 2.98. The average Bonchev–Trinajstić information content (AvgIpc) is 2.54. The maximum atomic E-state index is 11.5. The van der Waals surface area contributed by atoms with Crippen molar-refractivity contribution in [2.45, 2.75) is 50.0 Å². The van der Waals surface area contributed by atoms with Crippen molar-refractivity contribution in [2.75, 3.05) is 13.7 Å². The predicted octanol–water partition coefficient (Wildman–Crippen LogP) is 2.91. The Bertz CT molecular complexity index is 570. The van der Waals surface area contributed by atoms with Crippen molar-refractivity contribution in [1.82, 2.24) is 4.90 Å². The van der Waals surface area contributed by atoms with Crippen LogP contribution in [-0.2, 0) is 16.6 Å². The first-order valence-electron chi connectivity index (χ1n) is 8.17. The summed E-state index contributed by atoms with van der Waals surface area (Å²) in [6, 6.07) is 6.85. The molecule has 1 aromatic carbocycles. The minimum absolute atomic E-state index is 0.253. The second kappa shape index (κ2) is 4.75. The van der Waals surface area contributed by atoms with Crippen LogP contribution in [0.3, 0.4) is 0 Å². The minimum Gasteiger partial charge on any atom is -0.496 e. The van der Waals surface area contributed by atoms with Gasteiger partial charge in [-0.3, -0.25) is 4.79 Å². The van der Waals surface area contributed by atoms with Crippen molar-refractivity contribution in [3.8, 4) is 5.75 Å². The SMILES string of the molecule is COc1cccc2c1[C@@]13CCCC[C@H]1[C@@H](C2)N(C=O)CC3. The van der Waals surface area contributed by atoms with Gasteiger partial charge in [0.25, 0.3) is 0 Å². The molecule has 3 aliphatic rings.